The average molecular weight is 677 g/mol. The highest BCUT2D eigenvalue weighted by molar-refractivity contribution is 6.21. The Labute approximate surface area is 306 Å². The highest BCUT2D eigenvalue weighted by Gasteiger charge is 2.33. The average Bonchev–Trinajstić information content (AvgIpc) is 3.58. The number of benzene rings is 7. The van der Waals surface area contributed by atoms with Crippen LogP contribution in [0.15, 0.2) is 170 Å². The van der Waals surface area contributed by atoms with Crippen LogP contribution in [0, 0.1) is 0 Å². The summed E-state index contributed by atoms with van der Waals surface area (Å²) in [7, 11) is 0. The molecule has 11 rings (SSSR count). The first-order chi connectivity index (χ1) is 26.2. The van der Waals surface area contributed by atoms with E-state index in [0.717, 1.165) is 33.8 Å². The third kappa shape index (κ3) is 4.89. The third-order valence-electron chi connectivity index (χ3n) is 11.1. The molecular formula is C50H32N2O. The smallest absolute Gasteiger partial charge is 0.128 e. The van der Waals surface area contributed by atoms with Gasteiger partial charge >= 0.3 is 0 Å². The van der Waals surface area contributed by atoms with E-state index in [0.29, 0.717) is 0 Å². The Morgan fingerprint density at radius 1 is 0.415 bits per heavy atom. The Morgan fingerprint density at radius 3 is 1.62 bits per heavy atom. The number of fused-ring (bicyclic) bond motifs is 7. The van der Waals surface area contributed by atoms with E-state index >= 15 is 0 Å². The monoisotopic (exact) mass is 676 g/mol. The van der Waals surface area contributed by atoms with Crippen molar-refractivity contribution in [3.8, 4) is 50.5 Å². The summed E-state index contributed by atoms with van der Waals surface area (Å²) in [6.07, 6.45) is 8.58. The van der Waals surface area contributed by atoms with Gasteiger partial charge in [-0.3, -0.25) is 9.97 Å². The van der Waals surface area contributed by atoms with E-state index in [4.69, 9.17) is 14.7 Å². The number of aromatic nitrogens is 2. The molecule has 1 aliphatic heterocycles. The summed E-state index contributed by atoms with van der Waals surface area (Å²) < 4.78 is 6.35. The zero-order valence-corrected chi connectivity index (χ0v) is 28.8. The first-order valence-corrected chi connectivity index (χ1v) is 18.2. The second kappa shape index (κ2) is 11.9. The predicted molar refractivity (Wildman–Crippen MR) is 218 cm³/mol. The van der Waals surface area contributed by atoms with Crippen molar-refractivity contribution in [1.82, 2.24) is 9.97 Å². The molecule has 0 N–H and O–H groups in total. The predicted octanol–water partition coefficient (Wildman–Crippen LogP) is 10.7. The molecule has 0 spiro atoms. The normalized spacial score (nSPS) is 15.6. The third-order valence-corrected chi connectivity index (χ3v) is 11.1. The molecule has 2 aliphatic rings. The fraction of sp³-hybridized carbons (Fsp3) is 0.0400. The van der Waals surface area contributed by atoms with Crippen molar-refractivity contribution < 1.29 is 4.74 Å². The van der Waals surface area contributed by atoms with Gasteiger partial charge in [-0.25, -0.2) is 0 Å². The number of pyridine rings is 2. The van der Waals surface area contributed by atoms with Crippen LogP contribution in [0.4, 0.5) is 0 Å². The topological polar surface area (TPSA) is 35.0 Å². The van der Waals surface area contributed by atoms with Gasteiger partial charge in [0.05, 0.1) is 11.4 Å². The van der Waals surface area contributed by atoms with Gasteiger partial charge < -0.3 is 4.74 Å². The number of hydrogen-bond acceptors (Lipinski definition) is 3. The van der Waals surface area contributed by atoms with Crippen LogP contribution in [-0.2, 0) is 0 Å². The highest BCUT2D eigenvalue weighted by Crippen LogP contribution is 2.45. The van der Waals surface area contributed by atoms with E-state index < -0.39 is 0 Å². The van der Waals surface area contributed by atoms with Crippen LogP contribution >= 0.6 is 0 Å². The lowest BCUT2D eigenvalue weighted by Crippen LogP contribution is -2.34. The van der Waals surface area contributed by atoms with Gasteiger partial charge in [-0.05, 0) is 101 Å². The molecule has 3 nitrogen and oxygen atoms in total. The van der Waals surface area contributed by atoms with Crippen LogP contribution in [0.3, 0.4) is 0 Å². The maximum atomic E-state index is 6.35. The summed E-state index contributed by atoms with van der Waals surface area (Å²) in [6.45, 7) is 0. The minimum atomic E-state index is 0.0308. The van der Waals surface area contributed by atoms with Crippen LogP contribution in [-0.4, -0.2) is 16.1 Å². The van der Waals surface area contributed by atoms with Gasteiger partial charge in [-0.15, -0.1) is 0 Å². The minimum Gasteiger partial charge on any atom is -0.485 e. The van der Waals surface area contributed by atoms with Gasteiger partial charge in [0.25, 0.3) is 0 Å². The Balaban J connectivity index is 0.939. The maximum absolute atomic E-state index is 6.35. The van der Waals surface area contributed by atoms with Crippen LogP contribution in [0.2, 0.25) is 0 Å². The van der Waals surface area contributed by atoms with Crippen molar-refractivity contribution in [3.05, 3.63) is 186 Å². The molecule has 2 atom stereocenters. The molecule has 0 radical (unpaired) electrons. The van der Waals surface area contributed by atoms with Crippen molar-refractivity contribution in [2.45, 2.75) is 12.0 Å². The van der Waals surface area contributed by atoms with E-state index in [9.17, 15) is 0 Å². The summed E-state index contributed by atoms with van der Waals surface area (Å²) in [5.41, 5.74) is 9.88. The molecule has 0 saturated heterocycles. The molecule has 9 aromatic rings. The Morgan fingerprint density at radius 2 is 0.962 bits per heavy atom. The Bertz CT molecular complexity index is 2980. The lowest BCUT2D eigenvalue weighted by Gasteiger charge is -2.18. The molecule has 2 unspecified atom stereocenters. The summed E-state index contributed by atoms with van der Waals surface area (Å²) in [5.74, 6) is 1.17. The standard InChI is InChI=1S/C50H32N2O/c1-2-10-32-25-36(18-17-31(32)9-1)49-39-13-5-7-15-41(39)50(42-16-8-6-14-40(42)49)38-20-23-46(52-30-38)45-22-19-37(29-51-45)35-21-24-47-43(27-35)44-26-33-11-3-4-12-34(33)28-48(44)53-47/h1-30,44,48H. The van der Waals surface area contributed by atoms with Crippen LogP contribution in [0.1, 0.15) is 11.5 Å². The van der Waals surface area contributed by atoms with Gasteiger partial charge in [0, 0.05) is 35.0 Å². The van der Waals surface area contributed by atoms with Crippen molar-refractivity contribution in [2.24, 2.45) is 0 Å². The summed E-state index contributed by atoms with van der Waals surface area (Å²) >= 11 is 0. The fourth-order valence-electron chi connectivity index (χ4n) is 8.50. The first-order valence-electron chi connectivity index (χ1n) is 18.2. The SMILES string of the molecule is C1=c2ccccc2=CC2c3cc(-c4ccc(-c5ccc(-c6c7ccccc7c(-c7ccc8ccccc8c7)c7ccccc67)cn5)nc4)ccc3OC12. The number of ether oxygens (including phenoxy) is 1. The van der Waals surface area contributed by atoms with E-state index in [-0.39, 0.29) is 12.0 Å². The van der Waals surface area contributed by atoms with Crippen molar-refractivity contribution in [3.63, 3.8) is 0 Å². The molecule has 0 fully saturated rings. The molecular weight excluding hydrogens is 645 g/mol. The van der Waals surface area contributed by atoms with Crippen LogP contribution in [0.5, 0.6) is 5.75 Å². The zero-order chi connectivity index (χ0) is 34.9. The van der Waals surface area contributed by atoms with Gasteiger partial charge in [0.1, 0.15) is 11.9 Å². The minimum absolute atomic E-state index is 0.0308. The lowest BCUT2D eigenvalue weighted by atomic mass is 9.86. The second-order valence-corrected chi connectivity index (χ2v) is 14.1. The van der Waals surface area contributed by atoms with Gasteiger partial charge in [-0.1, -0.05) is 133 Å². The van der Waals surface area contributed by atoms with Gasteiger partial charge in [0.2, 0.25) is 0 Å². The molecule has 0 saturated carbocycles. The number of hydrogen-bond donors (Lipinski definition) is 0. The maximum Gasteiger partial charge on any atom is 0.128 e. The van der Waals surface area contributed by atoms with E-state index in [2.05, 4.69) is 170 Å². The molecule has 0 bridgehead atoms. The van der Waals surface area contributed by atoms with Gasteiger partial charge in [0.15, 0.2) is 0 Å². The highest BCUT2D eigenvalue weighted by atomic mass is 16.5. The number of nitrogens with zero attached hydrogens (tertiary/aromatic N) is 2. The van der Waals surface area contributed by atoms with Crippen LogP contribution in [0.25, 0.3) is 89.2 Å². The van der Waals surface area contributed by atoms with E-state index in [1.807, 2.05) is 12.4 Å². The molecule has 53 heavy (non-hydrogen) atoms. The second-order valence-electron chi connectivity index (χ2n) is 14.1. The van der Waals surface area contributed by atoms with E-state index in [1.54, 1.807) is 0 Å². The summed E-state index contributed by atoms with van der Waals surface area (Å²) in [6, 6.07) is 56.4. The summed E-state index contributed by atoms with van der Waals surface area (Å²) in [4.78, 5) is 9.87. The van der Waals surface area contributed by atoms with Crippen molar-refractivity contribution in [1.29, 1.82) is 0 Å². The fourth-order valence-corrected chi connectivity index (χ4v) is 8.50. The molecule has 3 heteroatoms. The van der Waals surface area contributed by atoms with Crippen molar-refractivity contribution >= 4 is 44.5 Å². The summed E-state index contributed by atoms with van der Waals surface area (Å²) in [5, 5.41) is 9.88. The largest absolute Gasteiger partial charge is 0.485 e. The molecule has 248 valence electrons. The molecule has 2 aromatic heterocycles. The Kier molecular flexibility index (Phi) is 6.68. The molecule has 3 heterocycles. The quantitative estimate of drug-likeness (QED) is 0.174. The molecule has 1 aliphatic carbocycles. The first kappa shape index (κ1) is 29.8. The molecule has 0 amide bonds. The van der Waals surface area contributed by atoms with Crippen molar-refractivity contribution in [2.75, 3.05) is 0 Å². The zero-order valence-electron chi connectivity index (χ0n) is 28.8. The van der Waals surface area contributed by atoms with Crippen LogP contribution < -0.4 is 15.2 Å². The molecule has 7 aromatic carbocycles. The Hall–Kier alpha value is -6.84. The lowest BCUT2D eigenvalue weighted by molar-refractivity contribution is 0.288. The van der Waals surface area contributed by atoms with E-state index in [1.165, 1.54) is 65.0 Å². The number of rotatable bonds is 4. The van der Waals surface area contributed by atoms with Gasteiger partial charge in [-0.2, -0.15) is 0 Å².